The van der Waals surface area contributed by atoms with E-state index in [1.807, 2.05) is 5.40 Å². The minimum absolute atomic E-state index is 0.0372. The van der Waals surface area contributed by atoms with Crippen LogP contribution in [0.1, 0.15) is 5.56 Å². The molecule has 2 atom stereocenters. The van der Waals surface area contributed by atoms with Gasteiger partial charge in [0, 0.05) is 49.7 Å². The molecule has 2 unspecified atom stereocenters. The molecule has 1 fully saturated rings. The molecule has 0 radical (unpaired) electrons. The van der Waals surface area contributed by atoms with E-state index in [-0.39, 0.29) is 32.7 Å². The van der Waals surface area contributed by atoms with Crippen molar-refractivity contribution in [2.45, 2.75) is 23.4 Å². The number of rotatable bonds is 15. The van der Waals surface area contributed by atoms with E-state index in [4.69, 9.17) is 5.26 Å². The third-order valence-electron chi connectivity index (χ3n) is 6.43. The fraction of sp³-hybridized carbons (Fsp3) is 0.520. The summed E-state index contributed by atoms with van der Waals surface area (Å²) >= 11 is 0.985. The fourth-order valence-corrected chi connectivity index (χ4v) is 5.24. The molecule has 1 aromatic rings. The predicted molar refractivity (Wildman–Crippen MR) is 143 cm³/mol. The van der Waals surface area contributed by atoms with Gasteiger partial charge in [-0.3, -0.25) is 43.6 Å². The summed E-state index contributed by atoms with van der Waals surface area (Å²) in [5.74, 6) is -6.09. The van der Waals surface area contributed by atoms with Gasteiger partial charge in [0.05, 0.1) is 32.7 Å². The summed E-state index contributed by atoms with van der Waals surface area (Å²) in [6.07, 6.45) is 0.328. The molecule has 5 N–H and O–H groups in total. The van der Waals surface area contributed by atoms with Gasteiger partial charge in [0.2, 0.25) is 0 Å². The molecule has 1 heterocycles. The highest BCUT2D eigenvalue weighted by Crippen LogP contribution is 2.20. The third kappa shape index (κ3) is 12.5. The summed E-state index contributed by atoms with van der Waals surface area (Å²) in [6, 6.07) is 5.80. The summed E-state index contributed by atoms with van der Waals surface area (Å²) in [7, 11) is 0. The topological polar surface area (TPSA) is 223 Å². The lowest BCUT2D eigenvalue weighted by molar-refractivity contribution is -0.144. The van der Waals surface area contributed by atoms with Crippen LogP contribution in [0.4, 0.5) is 0 Å². The van der Waals surface area contributed by atoms with Gasteiger partial charge in [-0.05, 0) is 35.9 Å². The molecule has 0 aliphatic carbocycles. The molecule has 0 amide bonds. The standard InChI is InChI=1S/C25H33N5O10S/c26-16-41-20-3-1-17(2-4-20)7-18-8-27(11-21(31)32)9-19(10-28(12-22(33)34)13-23(35)36)30(15-25(39)40)6-5-29(18)14-24(37)38/h1-4,18-19H,5-15H2,(H,31,32)(H,33,34)(H,35,36)(H,37,38)(H,39,40). The second kappa shape index (κ2) is 16.5. The molecule has 15 nitrogen and oxygen atoms in total. The van der Waals surface area contributed by atoms with Crippen molar-refractivity contribution in [3.05, 3.63) is 29.8 Å². The zero-order chi connectivity index (χ0) is 30.5. The van der Waals surface area contributed by atoms with Crippen LogP contribution in [-0.4, -0.2) is 153 Å². The lowest BCUT2D eigenvalue weighted by Gasteiger charge is -2.36. The Balaban J connectivity index is 2.48. The van der Waals surface area contributed by atoms with Crippen LogP contribution in [0.2, 0.25) is 0 Å². The number of aliphatic carboxylic acids is 5. The van der Waals surface area contributed by atoms with Crippen molar-refractivity contribution in [1.29, 1.82) is 5.26 Å². The fourth-order valence-electron chi connectivity index (χ4n) is 4.86. The Morgan fingerprint density at radius 3 is 1.73 bits per heavy atom. The molecule has 0 aromatic heterocycles. The highest BCUT2D eigenvalue weighted by molar-refractivity contribution is 8.03. The number of thiocyanates is 1. The maximum atomic E-state index is 11.8. The summed E-state index contributed by atoms with van der Waals surface area (Å²) in [4.78, 5) is 64.6. The van der Waals surface area contributed by atoms with Crippen molar-refractivity contribution < 1.29 is 49.5 Å². The van der Waals surface area contributed by atoms with Crippen LogP contribution >= 0.6 is 11.8 Å². The van der Waals surface area contributed by atoms with Crippen LogP contribution in [0.5, 0.6) is 0 Å². The summed E-state index contributed by atoms with van der Waals surface area (Å²) < 4.78 is 0. The average molecular weight is 596 g/mol. The summed E-state index contributed by atoms with van der Waals surface area (Å²) in [5, 5.41) is 58.3. The minimum atomic E-state index is -1.28. The molecule has 2 rings (SSSR count). The first-order chi connectivity index (χ1) is 19.4. The van der Waals surface area contributed by atoms with E-state index >= 15 is 0 Å². The first-order valence-corrected chi connectivity index (χ1v) is 13.3. The van der Waals surface area contributed by atoms with Crippen LogP contribution in [0, 0.1) is 10.7 Å². The van der Waals surface area contributed by atoms with Crippen molar-refractivity contribution in [3.8, 4) is 5.40 Å². The van der Waals surface area contributed by atoms with Crippen LogP contribution in [-0.2, 0) is 30.4 Å². The zero-order valence-corrected chi connectivity index (χ0v) is 23.0. The van der Waals surface area contributed by atoms with Gasteiger partial charge >= 0.3 is 29.8 Å². The molecule has 0 saturated carbocycles. The molecular formula is C25H33N5O10S. The van der Waals surface area contributed by atoms with E-state index in [1.165, 1.54) is 9.80 Å². The van der Waals surface area contributed by atoms with Gasteiger partial charge in [-0.25, -0.2) is 0 Å². The van der Waals surface area contributed by atoms with Crippen LogP contribution in [0.15, 0.2) is 29.2 Å². The predicted octanol–water partition coefficient (Wildman–Crippen LogP) is -0.816. The Hall–Kier alpha value is -3.75. The van der Waals surface area contributed by atoms with E-state index < -0.39 is 74.7 Å². The van der Waals surface area contributed by atoms with E-state index in [0.717, 1.165) is 27.1 Å². The highest BCUT2D eigenvalue weighted by Gasteiger charge is 2.33. The Kier molecular flexibility index (Phi) is 13.5. The number of carbonyl (C=O) groups is 5. The Morgan fingerprint density at radius 1 is 0.780 bits per heavy atom. The number of nitriles is 1. The number of thioether (sulfide) groups is 1. The molecule has 0 spiro atoms. The summed E-state index contributed by atoms with van der Waals surface area (Å²) in [5.41, 5.74) is 0.815. The van der Waals surface area contributed by atoms with Crippen LogP contribution < -0.4 is 0 Å². The van der Waals surface area contributed by atoms with Crippen LogP contribution in [0.25, 0.3) is 0 Å². The smallest absolute Gasteiger partial charge is 0.317 e. The van der Waals surface area contributed by atoms with E-state index in [9.17, 15) is 49.5 Å². The van der Waals surface area contributed by atoms with E-state index in [2.05, 4.69) is 0 Å². The molecule has 1 aliphatic rings. The molecule has 0 bridgehead atoms. The second-order valence-corrected chi connectivity index (χ2v) is 10.5. The van der Waals surface area contributed by atoms with Gasteiger partial charge in [0.1, 0.15) is 5.40 Å². The number of carboxylic acid groups (broad SMARTS) is 5. The maximum absolute atomic E-state index is 11.8. The van der Waals surface area contributed by atoms with E-state index in [1.54, 1.807) is 29.2 Å². The molecule has 1 saturated heterocycles. The van der Waals surface area contributed by atoms with Gasteiger partial charge in [-0.2, -0.15) is 5.26 Å². The highest BCUT2D eigenvalue weighted by atomic mass is 32.2. The average Bonchev–Trinajstić information content (AvgIpc) is 2.89. The number of nitrogens with zero attached hydrogens (tertiary/aromatic N) is 5. The number of hydrogen-bond donors (Lipinski definition) is 5. The monoisotopic (exact) mass is 595 g/mol. The zero-order valence-electron chi connectivity index (χ0n) is 22.2. The Labute approximate surface area is 240 Å². The van der Waals surface area contributed by atoms with Crippen molar-refractivity contribution >= 4 is 41.6 Å². The van der Waals surface area contributed by atoms with E-state index in [0.29, 0.717) is 6.42 Å². The van der Waals surface area contributed by atoms with Crippen LogP contribution in [0.3, 0.4) is 0 Å². The number of hydrogen-bond acceptors (Lipinski definition) is 11. The molecule has 1 aromatic carbocycles. The molecule has 16 heteroatoms. The van der Waals surface area contributed by atoms with Gasteiger partial charge in [-0.1, -0.05) is 12.1 Å². The normalized spacial score (nSPS) is 19.0. The number of benzene rings is 1. The molecular weight excluding hydrogens is 562 g/mol. The lowest BCUT2D eigenvalue weighted by atomic mass is 10.0. The van der Waals surface area contributed by atoms with Gasteiger partial charge in [0.15, 0.2) is 0 Å². The molecule has 1 aliphatic heterocycles. The van der Waals surface area contributed by atoms with Crippen molar-refractivity contribution in [2.75, 3.05) is 65.4 Å². The SMILES string of the molecule is N#CSc1ccc(CC2CN(CC(=O)O)CC(CN(CC(=O)O)CC(=O)O)N(CC(=O)O)CCN2CC(=O)O)cc1. The second-order valence-electron chi connectivity index (χ2n) is 9.62. The quantitative estimate of drug-likeness (QED) is 0.123. The van der Waals surface area contributed by atoms with Crippen molar-refractivity contribution in [3.63, 3.8) is 0 Å². The van der Waals surface area contributed by atoms with Crippen molar-refractivity contribution in [2.24, 2.45) is 0 Å². The lowest BCUT2D eigenvalue weighted by Crippen LogP contribution is -2.54. The first kappa shape index (κ1) is 33.5. The Morgan fingerprint density at radius 2 is 1.27 bits per heavy atom. The third-order valence-corrected chi connectivity index (χ3v) is 7.02. The maximum Gasteiger partial charge on any atom is 0.317 e. The Bertz CT molecular complexity index is 1110. The first-order valence-electron chi connectivity index (χ1n) is 12.5. The van der Waals surface area contributed by atoms with Gasteiger partial charge < -0.3 is 25.5 Å². The number of carboxylic acids is 5. The minimum Gasteiger partial charge on any atom is -0.480 e. The van der Waals surface area contributed by atoms with Gasteiger partial charge in [-0.15, -0.1) is 0 Å². The summed E-state index contributed by atoms with van der Waals surface area (Å²) in [6.45, 7) is -2.61. The van der Waals surface area contributed by atoms with Crippen molar-refractivity contribution in [1.82, 2.24) is 19.6 Å². The molecule has 224 valence electrons. The van der Waals surface area contributed by atoms with Gasteiger partial charge in [0.25, 0.3) is 0 Å². The molecule has 41 heavy (non-hydrogen) atoms. The largest absolute Gasteiger partial charge is 0.480 e.